The molecule has 0 aliphatic heterocycles. The molecule has 4 bridgehead atoms. The lowest BCUT2D eigenvalue weighted by Crippen LogP contribution is -2.48. The van der Waals surface area contributed by atoms with E-state index in [9.17, 15) is 4.79 Å². The minimum absolute atomic E-state index is 0.280. The van der Waals surface area contributed by atoms with E-state index in [1.54, 1.807) is 17.6 Å². The average Bonchev–Trinajstić information content (AvgIpc) is 2.67. The molecule has 4 aliphatic carbocycles. The van der Waals surface area contributed by atoms with Gasteiger partial charge >= 0.3 is 0 Å². The van der Waals surface area contributed by atoms with E-state index >= 15 is 0 Å². The highest BCUT2D eigenvalue weighted by Gasteiger charge is 2.51. The van der Waals surface area contributed by atoms with Gasteiger partial charge in [0.05, 0.1) is 5.56 Å². The summed E-state index contributed by atoms with van der Waals surface area (Å²) < 4.78 is 5.82. The number of aromatic nitrogens is 1. The van der Waals surface area contributed by atoms with Crippen LogP contribution in [0.25, 0.3) is 0 Å². The van der Waals surface area contributed by atoms with Gasteiger partial charge in [0.1, 0.15) is 5.75 Å². The van der Waals surface area contributed by atoms with Crippen LogP contribution in [0.4, 0.5) is 0 Å². The second kappa shape index (κ2) is 6.34. The second-order valence-electron chi connectivity index (χ2n) is 8.65. The zero-order valence-electron chi connectivity index (χ0n) is 15.2. The number of rotatable bonds is 4. The maximum atomic E-state index is 11.3. The lowest BCUT2D eigenvalue weighted by Gasteiger charge is -2.57. The molecule has 1 heterocycles. The van der Waals surface area contributed by atoms with Crippen molar-refractivity contribution in [3.63, 3.8) is 0 Å². The van der Waals surface area contributed by atoms with Crippen LogP contribution in [0.15, 0.2) is 42.6 Å². The first-order valence-electron chi connectivity index (χ1n) is 9.82. The van der Waals surface area contributed by atoms with Gasteiger partial charge in [0, 0.05) is 12.3 Å². The molecule has 0 unspecified atom stereocenters. The third kappa shape index (κ3) is 3.00. The van der Waals surface area contributed by atoms with Crippen molar-refractivity contribution in [2.45, 2.75) is 43.9 Å². The average molecular weight is 364 g/mol. The predicted octanol–water partition coefficient (Wildman–Crippen LogP) is 4.46. The Morgan fingerprint density at radius 2 is 1.63 bits per heavy atom. The maximum absolute atomic E-state index is 11.3. The lowest BCUT2D eigenvalue weighted by molar-refractivity contribution is -0.00520. The van der Waals surface area contributed by atoms with E-state index in [4.69, 9.17) is 9.94 Å². The second-order valence-corrected chi connectivity index (χ2v) is 8.65. The summed E-state index contributed by atoms with van der Waals surface area (Å²) in [6.07, 6.45) is 9.81. The molecule has 0 atom stereocenters. The molecule has 1 aromatic heterocycles. The van der Waals surface area contributed by atoms with Crippen molar-refractivity contribution >= 4 is 5.91 Å². The Kier molecular flexibility index (Phi) is 3.93. The van der Waals surface area contributed by atoms with E-state index in [0.29, 0.717) is 11.3 Å². The zero-order valence-corrected chi connectivity index (χ0v) is 15.2. The van der Waals surface area contributed by atoms with Gasteiger partial charge < -0.3 is 4.74 Å². The Morgan fingerprint density at radius 3 is 2.15 bits per heavy atom. The van der Waals surface area contributed by atoms with Crippen LogP contribution in [-0.4, -0.2) is 16.1 Å². The summed E-state index contributed by atoms with van der Waals surface area (Å²) >= 11 is 0. The van der Waals surface area contributed by atoms with Crippen molar-refractivity contribution in [1.82, 2.24) is 10.5 Å². The number of carbonyl (C=O) groups is 1. The molecule has 4 saturated carbocycles. The summed E-state index contributed by atoms with van der Waals surface area (Å²) in [6, 6.07) is 11.7. The van der Waals surface area contributed by atoms with Crippen molar-refractivity contribution in [3.05, 3.63) is 53.7 Å². The third-order valence-electron chi connectivity index (χ3n) is 6.83. The molecule has 4 fully saturated rings. The van der Waals surface area contributed by atoms with Gasteiger partial charge in [-0.05, 0) is 85.5 Å². The summed E-state index contributed by atoms with van der Waals surface area (Å²) in [6.45, 7) is 0. The Bertz CT molecular complexity index is 810. The number of hydroxylamine groups is 1. The van der Waals surface area contributed by atoms with Crippen molar-refractivity contribution < 1.29 is 14.7 Å². The molecule has 1 aromatic carbocycles. The molecule has 27 heavy (non-hydrogen) atoms. The van der Waals surface area contributed by atoms with Crippen LogP contribution in [0.3, 0.4) is 0 Å². The Balaban J connectivity index is 1.31. The molecule has 4 aliphatic rings. The largest absolute Gasteiger partial charge is 0.439 e. The van der Waals surface area contributed by atoms with Crippen LogP contribution in [0.1, 0.15) is 54.4 Å². The maximum Gasteiger partial charge on any atom is 0.276 e. The van der Waals surface area contributed by atoms with E-state index in [2.05, 4.69) is 17.1 Å². The van der Waals surface area contributed by atoms with Gasteiger partial charge in [-0.25, -0.2) is 10.5 Å². The van der Waals surface area contributed by atoms with Crippen LogP contribution in [0.5, 0.6) is 11.6 Å². The molecule has 5 heteroatoms. The monoisotopic (exact) mass is 364 g/mol. The van der Waals surface area contributed by atoms with E-state index < -0.39 is 5.91 Å². The Hall–Kier alpha value is -2.40. The summed E-state index contributed by atoms with van der Waals surface area (Å²) in [5, 5.41) is 8.65. The van der Waals surface area contributed by atoms with Crippen LogP contribution in [0, 0.1) is 17.8 Å². The molecule has 1 amide bonds. The van der Waals surface area contributed by atoms with Crippen molar-refractivity contribution in [1.29, 1.82) is 0 Å². The number of hydrogen-bond acceptors (Lipinski definition) is 4. The number of pyridine rings is 1. The van der Waals surface area contributed by atoms with Gasteiger partial charge in [-0.2, -0.15) is 0 Å². The van der Waals surface area contributed by atoms with Crippen LogP contribution < -0.4 is 10.2 Å². The van der Waals surface area contributed by atoms with Crippen molar-refractivity contribution in [2.75, 3.05) is 0 Å². The number of ether oxygens (including phenoxy) is 1. The highest BCUT2D eigenvalue weighted by molar-refractivity contribution is 5.92. The molecular weight excluding hydrogens is 340 g/mol. The van der Waals surface area contributed by atoms with E-state index in [0.717, 1.165) is 23.5 Å². The Morgan fingerprint density at radius 1 is 1.00 bits per heavy atom. The summed E-state index contributed by atoms with van der Waals surface area (Å²) in [7, 11) is 0. The quantitative estimate of drug-likeness (QED) is 0.621. The molecule has 2 N–H and O–H groups in total. The molecule has 5 nitrogen and oxygen atoms in total. The summed E-state index contributed by atoms with van der Waals surface area (Å²) in [5.74, 6) is 3.39. The fraction of sp³-hybridized carbons (Fsp3) is 0.455. The summed E-state index contributed by atoms with van der Waals surface area (Å²) in [4.78, 5) is 15.5. The van der Waals surface area contributed by atoms with Gasteiger partial charge in [-0.3, -0.25) is 10.0 Å². The number of nitrogens with zero attached hydrogens (tertiary/aromatic N) is 1. The van der Waals surface area contributed by atoms with Crippen LogP contribution >= 0.6 is 0 Å². The van der Waals surface area contributed by atoms with E-state index in [-0.39, 0.29) is 5.56 Å². The van der Waals surface area contributed by atoms with Gasteiger partial charge in [-0.15, -0.1) is 0 Å². The highest BCUT2D eigenvalue weighted by Crippen LogP contribution is 2.60. The number of nitrogens with one attached hydrogen (secondary N) is 1. The molecule has 6 rings (SSSR count). The van der Waals surface area contributed by atoms with Gasteiger partial charge in [0.15, 0.2) is 0 Å². The first-order valence-corrected chi connectivity index (χ1v) is 9.82. The van der Waals surface area contributed by atoms with Gasteiger partial charge in [0.2, 0.25) is 5.88 Å². The topological polar surface area (TPSA) is 71.5 Å². The summed E-state index contributed by atoms with van der Waals surface area (Å²) in [5.41, 5.74) is 3.73. The number of carbonyl (C=O) groups excluding carboxylic acids is 1. The lowest BCUT2D eigenvalue weighted by atomic mass is 9.48. The molecule has 2 aromatic rings. The minimum atomic E-state index is -0.589. The number of hydrogen-bond donors (Lipinski definition) is 2. The highest BCUT2D eigenvalue weighted by atomic mass is 16.5. The zero-order chi connectivity index (χ0) is 18.4. The molecule has 0 radical (unpaired) electrons. The fourth-order valence-corrected chi connectivity index (χ4v) is 6.10. The van der Waals surface area contributed by atoms with Gasteiger partial charge in [0.25, 0.3) is 5.91 Å². The molecule has 140 valence electrons. The third-order valence-corrected chi connectivity index (χ3v) is 6.83. The standard InChI is InChI=1S/C22H24N2O3/c25-21(24-26)17-1-6-20(23-13-17)27-19-4-2-18(3-5-19)22-10-14-7-15(11-22)9-16(8-14)12-22/h1-6,13-16,26H,7-12H2,(H,24,25). The number of benzene rings is 1. The minimum Gasteiger partial charge on any atom is -0.439 e. The molecule has 0 spiro atoms. The molecule has 0 saturated heterocycles. The normalized spacial score (nSPS) is 30.9. The fourth-order valence-electron chi connectivity index (χ4n) is 6.10. The first-order chi connectivity index (χ1) is 13.1. The van der Waals surface area contributed by atoms with Crippen LogP contribution in [0.2, 0.25) is 0 Å². The first kappa shape index (κ1) is 16.8. The predicted molar refractivity (Wildman–Crippen MR) is 99.9 cm³/mol. The van der Waals surface area contributed by atoms with Gasteiger partial charge in [-0.1, -0.05) is 12.1 Å². The van der Waals surface area contributed by atoms with E-state index in [1.165, 1.54) is 50.3 Å². The Labute approximate surface area is 158 Å². The SMILES string of the molecule is O=C(NO)c1ccc(Oc2ccc(C34CC5CC(CC(C5)C3)C4)cc2)nc1. The van der Waals surface area contributed by atoms with E-state index in [1.807, 2.05) is 12.1 Å². The van der Waals surface area contributed by atoms with Crippen LogP contribution in [-0.2, 0) is 5.41 Å². The number of amides is 1. The van der Waals surface area contributed by atoms with Crippen molar-refractivity contribution in [3.8, 4) is 11.6 Å². The van der Waals surface area contributed by atoms with Crippen molar-refractivity contribution in [2.24, 2.45) is 17.8 Å². The molecular formula is C22H24N2O3. The smallest absolute Gasteiger partial charge is 0.276 e.